The average Bonchev–Trinajstić information content (AvgIpc) is 1.60. The molecule has 21 rings (SSSR count). The third kappa shape index (κ3) is 15.2. The van der Waals surface area contributed by atoms with Gasteiger partial charge in [0.15, 0.2) is 11.6 Å². The van der Waals surface area contributed by atoms with E-state index in [4.69, 9.17) is 54.0 Å². The van der Waals surface area contributed by atoms with Gasteiger partial charge in [0.1, 0.15) is 17.2 Å². The third-order valence-electron chi connectivity index (χ3n) is 21.1. The maximum atomic E-state index is 9.11. The van der Waals surface area contributed by atoms with Crippen molar-refractivity contribution in [2.75, 3.05) is 0 Å². The van der Waals surface area contributed by atoms with Crippen LogP contribution in [0.25, 0.3) is 184 Å². The highest BCUT2D eigenvalue weighted by atomic mass is 16.5. The monoisotopic (exact) mass is 1550 g/mol. The van der Waals surface area contributed by atoms with Gasteiger partial charge in [0.2, 0.25) is 0 Å². The summed E-state index contributed by atoms with van der Waals surface area (Å²) in [5, 5.41) is 33.8. The first-order valence-corrected chi connectivity index (χ1v) is 39.0. The highest BCUT2D eigenvalue weighted by Crippen LogP contribution is 2.41. The van der Waals surface area contributed by atoms with Crippen molar-refractivity contribution in [1.29, 1.82) is 0 Å². The number of benzene rings is 13. The molecule has 0 unspecified atom stereocenters. The zero-order valence-electron chi connectivity index (χ0n) is 64.3. The molecule has 13 aromatic carbocycles. The Bertz CT molecular complexity index is 6380. The van der Waals surface area contributed by atoms with Gasteiger partial charge in [-0.15, -0.1) is 0 Å². The minimum absolute atomic E-state index is 0.581. The highest BCUT2D eigenvalue weighted by Gasteiger charge is 2.21. The van der Waals surface area contributed by atoms with Crippen LogP contribution in [0.4, 0.5) is 0 Å². The van der Waals surface area contributed by atoms with Crippen molar-refractivity contribution in [2.24, 2.45) is 0 Å². The van der Waals surface area contributed by atoms with E-state index >= 15 is 0 Å². The lowest BCUT2D eigenvalue weighted by Gasteiger charge is -2.12. The van der Waals surface area contributed by atoms with Crippen LogP contribution < -0.4 is 14.0 Å². The Morgan fingerprint density at radius 2 is 0.483 bits per heavy atom. The fourth-order valence-electron chi connectivity index (χ4n) is 15.6. The summed E-state index contributed by atoms with van der Waals surface area (Å²) in [5.74, 6) is 3.12. The van der Waals surface area contributed by atoms with Gasteiger partial charge in [-0.25, -0.2) is 24.9 Å². The molecule has 0 saturated heterocycles. The minimum Gasteiger partial charge on any atom is -0.537 e. The number of pyridine rings is 3. The second-order valence-electron chi connectivity index (χ2n) is 28.3. The van der Waals surface area contributed by atoms with Gasteiger partial charge < -0.3 is 42.7 Å². The maximum absolute atomic E-state index is 9.11. The van der Waals surface area contributed by atoms with Gasteiger partial charge in [-0.1, -0.05) is 212 Å². The van der Waals surface area contributed by atoms with E-state index in [1.165, 1.54) is 0 Å². The van der Waals surface area contributed by atoms with Crippen LogP contribution in [0, 0.1) is 0 Å². The lowest BCUT2D eigenvalue weighted by atomic mass is 10.0. The van der Waals surface area contributed by atoms with Crippen molar-refractivity contribution in [2.45, 2.75) is 0 Å². The van der Waals surface area contributed by atoms with Crippen molar-refractivity contribution in [3.8, 4) is 136 Å². The van der Waals surface area contributed by atoms with Crippen molar-refractivity contribution in [3.63, 3.8) is 0 Å². The molecule has 0 aliphatic rings. The molecule has 0 bridgehead atoms. The van der Waals surface area contributed by atoms with E-state index in [0.29, 0.717) is 52.0 Å². The van der Waals surface area contributed by atoms with Crippen LogP contribution in [-0.4, -0.2) is 86.7 Å². The zero-order chi connectivity index (χ0) is 80.7. The SMILES string of the molecule is O[B]Oc1ccc2c(c1)c1ccccc1n2-c1ccc(-c2cc(-c3ccccc3)nc(-c3ccccc3)n2)cc1.O[B]Oc1ccc2c(c1)c1ccccc1n2-c1ccc(-c2cc(-c3ccccn3)nc(-c3ccccn3)c2)cc1.O[B]Oc1ccc2c(c1)c1ccccc1n2-c1ccc(-c2nc(-c3ccccc3)cc(-c3ccccc3)n2)cc1. The number of hydrogen-bond donors (Lipinski definition) is 3. The quantitative estimate of drug-likeness (QED) is 0.0688. The Hall–Kier alpha value is -15.7. The second-order valence-corrected chi connectivity index (χ2v) is 28.3. The molecule has 16 nitrogen and oxygen atoms in total. The normalized spacial score (nSPS) is 11.1. The molecule has 0 spiro atoms. The Kier molecular flexibility index (Phi) is 20.9. The second kappa shape index (κ2) is 33.7. The van der Waals surface area contributed by atoms with E-state index in [1.54, 1.807) is 12.4 Å². The van der Waals surface area contributed by atoms with E-state index in [9.17, 15) is 0 Å². The summed E-state index contributed by atoms with van der Waals surface area (Å²) in [7, 11) is 2.12. The molecule has 0 aliphatic heterocycles. The standard InChI is InChI=1S/2C34H23BN3O2.C33H22BN4O2/c39-35-40-27-19-20-33-29(21-27)28-13-7-8-14-32(28)38(33)26-17-15-24(16-18-26)31-22-30(23-9-3-1-4-10-23)36-34(37-31)25-11-5-2-6-12-25;39-35-40-27-19-20-33-29(21-27)28-13-7-8-14-32(28)38(33)26-17-15-25(16-18-26)34-36-30(23-9-3-1-4-10-23)22-31(37-34)24-11-5-2-6-12-24;39-34-40-25-15-16-33-27(21-25)26-7-1-2-10-32(26)38(33)24-13-11-22(12-14-24)23-19-30(28-8-3-5-17-35-28)37-31(20-23)29-9-4-6-18-36-29/h2*1-22,39H;1-21,39H. The number of para-hydroxylation sites is 3. The van der Waals surface area contributed by atoms with Crippen LogP contribution in [-0.2, 0) is 0 Å². The van der Waals surface area contributed by atoms with E-state index in [0.717, 1.165) is 173 Å². The van der Waals surface area contributed by atoms with Gasteiger partial charge in [0.25, 0.3) is 0 Å². The van der Waals surface area contributed by atoms with Crippen LogP contribution >= 0.6 is 0 Å². The number of aromatic nitrogens is 10. The van der Waals surface area contributed by atoms with E-state index in [2.05, 4.69) is 187 Å². The molecule has 0 atom stereocenters. The van der Waals surface area contributed by atoms with Gasteiger partial charge >= 0.3 is 23.1 Å². The molecule has 8 heterocycles. The topological polar surface area (TPSA) is 193 Å². The average molecular weight is 1550 g/mol. The number of fused-ring (bicyclic) bond motifs is 9. The van der Waals surface area contributed by atoms with Crippen molar-refractivity contribution in [3.05, 3.63) is 395 Å². The van der Waals surface area contributed by atoms with Crippen molar-refractivity contribution in [1.82, 2.24) is 48.6 Å². The molecule has 120 heavy (non-hydrogen) atoms. The van der Waals surface area contributed by atoms with Crippen LogP contribution in [0.2, 0.25) is 0 Å². The summed E-state index contributed by atoms with van der Waals surface area (Å²) >= 11 is 0. The molecule has 567 valence electrons. The zero-order valence-corrected chi connectivity index (χ0v) is 64.3. The van der Waals surface area contributed by atoms with Gasteiger partial charge in [-0.05, 0) is 181 Å². The van der Waals surface area contributed by atoms with Gasteiger partial charge in [0, 0.05) is 95.2 Å². The molecule has 0 amide bonds. The van der Waals surface area contributed by atoms with Crippen LogP contribution in [0.1, 0.15) is 0 Å². The molecule has 3 N–H and O–H groups in total. The lowest BCUT2D eigenvalue weighted by Crippen LogP contribution is -1.99. The Morgan fingerprint density at radius 1 is 0.200 bits per heavy atom. The molecule has 8 aromatic heterocycles. The summed E-state index contributed by atoms with van der Waals surface area (Å²) < 4.78 is 22.4. The summed E-state index contributed by atoms with van der Waals surface area (Å²) in [6.07, 6.45) is 3.56. The molecule has 19 heteroatoms. The molecular formula is C101H68B3N10O6. The van der Waals surface area contributed by atoms with Crippen molar-refractivity contribution >= 4 is 88.5 Å². The summed E-state index contributed by atoms with van der Waals surface area (Å²) in [5.41, 5.74) is 24.4. The first kappa shape index (κ1) is 74.5. The third-order valence-corrected chi connectivity index (χ3v) is 21.1. The van der Waals surface area contributed by atoms with Crippen LogP contribution in [0.5, 0.6) is 17.2 Å². The highest BCUT2D eigenvalue weighted by molar-refractivity contribution is 6.19. The van der Waals surface area contributed by atoms with Gasteiger partial charge in [-0.3, -0.25) is 9.97 Å². The predicted molar refractivity (Wildman–Crippen MR) is 482 cm³/mol. The smallest absolute Gasteiger partial charge is 0.537 e. The van der Waals surface area contributed by atoms with Gasteiger partial charge in [-0.2, -0.15) is 0 Å². The van der Waals surface area contributed by atoms with E-state index in [1.807, 2.05) is 218 Å². The largest absolute Gasteiger partial charge is 0.569 e. The summed E-state index contributed by atoms with van der Waals surface area (Å²) in [4.78, 5) is 33.7. The molecular weight excluding hydrogens is 1480 g/mol. The fourth-order valence-corrected chi connectivity index (χ4v) is 15.6. The predicted octanol–water partition coefficient (Wildman–Crippen LogP) is 21.8. The Morgan fingerprint density at radius 3 is 0.817 bits per heavy atom. The Balaban J connectivity index is 0.000000119. The van der Waals surface area contributed by atoms with Crippen molar-refractivity contribution < 1.29 is 29.0 Å². The first-order chi connectivity index (χ1) is 59.3. The van der Waals surface area contributed by atoms with Crippen LogP contribution in [0.3, 0.4) is 0 Å². The van der Waals surface area contributed by atoms with Gasteiger partial charge in [0.05, 0.1) is 78.7 Å². The summed E-state index contributed by atoms with van der Waals surface area (Å²) in [6, 6.07) is 128. The fraction of sp³-hybridized carbons (Fsp3) is 0. The number of hydrogen-bond acceptors (Lipinski definition) is 13. The van der Waals surface area contributed by atoms with E-state index in [-0.39, 0.29) is 0 Å². The molecule has 0 fully saturated rings. The Labute approximate surface area is 692 Å². The lowest BCUT2D eigenvalue weighted by molar-refractivity contribution is 0.453. The molecule has 3 radical (unpaired) electrons. The minimum atomic E-state index is 0.581. The molecule has 0 saturated carbocycles. The van der Waals surface area contributed by atoms with Crippen LogP contribution in [0.15, 0.2) is 395 Å². The summed E-state index contributed by atoms with van der Waals surface area (Å²) in [6.45, 7) is 0. The number of rotatable bonds is 18. The van der Waals surface area contributed by atoms with E-state index < -0.39 is 0 Å². The number of nitrogens with zero attached hydrogens (tertiary/aromatic N) is 10. The molecule has 21 aromatic rings. The maximum Gasteiger partial charge on any atom is 0.569 e. The first-order valence-electron chi connectivity index (χ1n) is 39.0. The molecule has 0 aliphatic carbocycles.